The number of unbranched alkanes of at least 4 members (excludes halogenated alkanes) is 1. The van der Waals surface area contributed by atoms with Crippen molar-refractivity contribution in [3.63, 3.8) is 0 Å². The second-order valence-electron chi connectivity index (χ2n) is 3.89. The molecular formula is C11H18N2. The van der Waals surface area contributed by atoms with Gasteiger partial charge in [0.15, 0.2) is 0 Å². The molecule has 1 aromatic rings. The molecule has 0 N–H and O–H groups in total. The van der Waals surface area contributed by atoms with E-state index in [2.05, 4.69) is 23.8 Å². The molecule has 0 radical (unpaired) electrons. The van der Waals surface area contributed by atoms with Gasteiger partial charge in [0.1, 0.15) is 6.33 Å². The summed E-state index contributed by atoms with van der Waals surface area (Å²) in [5, 5.41) is 0. The Labute approximate surface area is 80.4 Å². The van der Waals surface area contributed by atoms with E-state index in [-0.39, 0.29) is 0 Å². The van der Waals surface area contributed by atoms with E-state index in [4.69, 9.17) is 0 Å². The molecule has 72 valence electrons. The van der Waals surface area contributed by atoms with Gasteiger partial charge in [-0.25, -0.2) is 9.97 Å². The van der Waals surface area contributed by atoms with Gasteiger partial charge < -0.3 is 0 Å². The van der Waals surface area contributed by atoms with Crippen LogP contribution in [0.15, 0.2) is 18.7 Å². The minimum Gasteiger partial charge on any atom is -0.245 e. The van der Waals surface area contributed by atoms with Crippen LogP contribution >= 0.6 is 0 Å². The van der Waals surface area contributed by atoms with Crippen molar-refractivity contribution in [3.05, 3.63) is 24.3 Å². The zero-order chi connectivity index (χ0) is 9.52. The van der Waals surface area contributed by atoms with Crippen molar-refractivity contribution >= 4 is 0 Å². The summed E-state index contributed by atoms with van der Waals surface area (Å²) in [7, 11) is 0. The molecule has 0 aliphatic carbocycles. The monoisotopic (exact) mass is 178 g/mol. The van der Waals surface area contributed by atoms with Crippen molar-refractivity contribution in [2.45, 2.75) is 39.5 Å². The van der Waals surface area contributed by atoms with Crippen LogP contribution in [0.5, 0.6) is 0 Å². The van der Waals surface area contributed by atoms with Gasteiger partial charge in [0.05, 0.1) is 0 Å². The summed E-state index contributed by atoms with van der Waals surface area (Å²) in [6.45, 7) is 4.54. The van der Waals surface area contributed by atoms with Crippen LogP contribution < -0.4 is 0 Å². The Morgan fingerprint density at radius 2 is 1.85 bits per heavy atom. The van der Waals surface area contributed by atoms with Gasteiger partial charge in [-0.05, 0) is 24.3 Å². The van der Waals surface area contributed by atoms with Crippen LogP contribution in [0.4, 0.5) is 0 Å². The topological polar surface area (TPSA) is 25.8 Å². The van der Waals surface area contributed by atoms with Gasteiger partial charge in [0.25, 0.3) is 0 Å². The fourth-order valence-electron chi connectivity index (χ4n) is 1.34. The van der Waals surface area contributed by atoms with Crippen LogP contribution in [0, 0.1) is 5.92 Å². The average molecular weight is 178 g/mol. The summed E-state index contributed by atoms with van der Waals surface area (Å²) < 4.78 is 0. The molecule has 1 rings (SSSR count). The molecule has 2 heteroatoms. The van der Waals surface area contributed by atoms with Crippen molar-refractivity contribution in [1.82, 2.24) is 9.97 Å². The van der Waals surface area contributed by atoms with Crippen molar-refractivity contribution in [2.24, 2.45) is 5.92 Å². The molecule has 1 aromatic heterocycles. The molecule has 0 aliphatic heterocycles. The summed E-state index contributed by atoms with van der Waals surface area (Å²) in [4.78, 5) is 7.97. The normalized spacial score (nSPS) is 10.7. The highest BCUT2D eigenvalue weighted by atomic mass is 14.8. The van der Waals surface area contributed by atoms with E-state index < -0.39 is 0 Å². The van der Waals surface area contributed by atoms with E-state index in [1.165, 1.54) is 24.8 Å². The van der Waals surface area contributed by atoms with Crippen LogP contribution in [-0.4, -0.2) is 9.97 Å². The fraction of sp³-hybridized carbons (Fsp3) is 0.636. The maximum absolute atomic E-state index is 3.99. The number of hydrogen-bond donors (Lipinski definition) is 0. The van der Waals surface area contributed by atoms with E-state index in [1.807, 2.05) is 12.4 Å². The number of aromatic nitrogens is 2. The quantitative estimate of drug-likeness (QED) is 0.648. The molecule has 0 fully saturated rings. The summed E-state index contributed by atoms with van der Waals surface area (Å²) >= 11 is 0. The zero-order valence-corrected chi connectivity index (χ0v) is 8.53. The highest BCUT2D eigenvalue weighted by molar-refractivity contribution is 5.01. The lowest BCUT2D eigenvalue weighted by molar-refractivity contribution is 0.537. The van der Waals surface area contributed by atoms with Crippen molar-refractivity contribution in [2.75, 3.05) is 0 Å². The third kappa shape index (κ3) is 4.61. The van der Waals surface area contributed by atoms with Crippen LogP contribution in [-0.2, 0) is 6.42 Å². The fourth-order valence-corrected chi connectivity index (χ4v) is 1.34. The molecule has 2 nitrogen and oxygen atoms in total. The highest BCUT2D eigenvalue weighted by Gasteiger charge is 1.95. The summed E-state index contributed by atoms with van der Waals surface area (Å²) in [6.07, 6.45) is 10.4. The van der Waals surface area contributed by atoms with Gasteiger partial charge in [-0.15, -0.1) is 0 Å². The van der Waals surface area contributed by atoms with Gasteiger partial charge in [-0.1, -0.05) is 26.7 Å². The minimum atomic E-state index is 0.826. The molecule has 0 bridgehead atoms. The first-order chi connectivity index (χ1) is 6.29. The van der Waals surface area contributed by atoms with Gasteiger partial charge in [0.2, 0.25) is 0 Å². The summed E-state index contributed by atoms with van der Waals surface area (Å²) in [5.41, 5.74) is 1.26. The molecule has 0 spiro atoms. The predicted molar refractivity (Wildman–Crippen MR) is 54.4 cm³/mol. The molecule has 0 saturated carbocycles. The Balaban J connectivity index is 2.13. The molecule has 0 aliphatic rings. The van der Waals surface area contributed by atoms with E-state index in [0.717, 1.165) is 12.3 Å². The maximum atomic E-state index is 3.99. The van der Waals surface area contributed by atoms with Crippen molar-refractivity contribution in [1.29, 1.82) is 0 Å². The lowest BCUT2D eigenvalue weighted by atomic mass is 10.0. The second-order valence-corrected chi connectivity index (χ2v) is 3.89. The highest BCUT2D eigenvalue weighted by Crippen LogP contribution is 2.09. The second kappa shape index (κ2) is 5.68. The van der Waals surface area contributed by atoms with E-state index in [1.54, 1.807) is 6.33 Å². The Morgan fingerprint density at radius 1 is 1.15 bits per heavy atom. The van der Waals surface area contributed by atoms with Gasteiger partial charge in [-0.2, -0.15) is 0 Å². The van der Waals surface area contributed by atoms with Crippen LogP contribution in [0.25, 0.3) is 0 Å². The predicted octanol–water partition coefficient (Wildman–Crippen LogP) is 2.85. The van der Waals surface area contributed by atoms with E-state index in [9.17, 15) is 0 Å². The van der Waals surface area contributed by atoms with Gasteiger partial charge in [0, 0.05) is 12.4 Å². The molecule has 0 atom stereocenters. The van der Waals surface area contributed by atoms with E-state index >= 15 is 0 Å². The molecule has 0 unspecified atom stereocenters. The number of hydrogen-bond acceptors (Lipinski definition) is 2. The first kappa shape index (κ1) is 10.2. The first-order valence-corrected chi connectivity index (χ1v) is 5.03. The van der Waals surface area contributed by atoms with Crippen LogP contribution in [0.2, 0.25) is 0 Å². The molecular weight excluding hydrogens is 160 g/mol. The molecule has 13 heavy (non-hydrogen) atoms. The van der Waals surface area contributed by atoms with Gasteiger partial charge in [-0.3, -0.25) is 0 Å². The first-order valence-electron chi connectivity index (χ1n) is 5.03. The largest absolute Gasteiger partial charge is 0.245 e. The Kier molecular flexibility index (Phi) is 4.44. The zero-order valence-electron chi connectivity index (χ0n) is 8.53. The molecule has 0 amide bonds. The molecule has 0 aromatic carbocycles. The standard InChI is InChI=1S/C11H18N2/c1-10(2)5-3-4-6-11-7-12-9-13-8-11/h7-10H,3-6H2,1-2H3. The Morgan fingerprint density at radius 3 is 2.46 bits per heavy atom. The third-order valence-electron chi connectivity index (χ3n) is 2.11. The van der Waals surface area contributed by atoms with Crippen molar-refractivity contribution in [3.8, 4) is 0 Å². The summed E-state index contributed by atoms with van der Waals surface area (Å²) in [5.74, 6) is 0.826. The SMILES string of the molecule is CC(C)CCCCc1cncnc1. The van der Waals surface area contributed by atoms with E-state index in [0.29, 0.717) is 0 Å². The smallest absolute Gasteiger partial charge is 0.115 e. The van der Waals surface area contributed by atoms with Crippen LogP contribution in [0.1, 0.15) is 38.7 Å². The number of nitrogens with zero attached hydrogens (tertiary/aromatic N) is 2. The molecule has 1 heterocycles. The Bertz CT molecular complexity index is 219. The Hall–Kier alpha value is -0.920. The lowest BCUT2D eigenvalue weighted by Crippen LogP contribution is -1.91. The average Bonchev–Trinajstić information content (AvgIpc) is 2.14. The summed E-state index contributed by atoms with van der Waals surface area (Å²) in [6, 6.07) is 0. The third-order valence-corrected chi connectivity index (χ3v) is 2.11. The maximum Gasteiger partial charge on any atom is 0.115 e. The number of rotatable bonds is 5. The minimum absolute atomic E-state index is 0.826. The van der Waals surface area contributed by atoms with Crippen LogP contribution in [0.3, 0.4) is 0 Å². The number of aryl methyl sites for hydroxylation is 1. The van der Waals surface area contributed by atoms with Gasteiger partial charge >= 0.3 is 0 Å². The lowest BCUT2D eigenvalue weighted by Gasteiger charge is -2.03. The molecule has 0 saturated heterocycles. The van der Waals surface area contributed by atoms with Crippen molar-refractivity contribution < 1.29 is 0 Å².